The molecular formula is C17H18F6N3O4+. The maximum Gasteiger partial charge on any atom is 0.497 e. The highest BCUT2D eigenvalue weighted by molar-refractivity contribution is 5.98. The number of quaternary nitrogens is 1. The molecule has 2 aliphatic heterocycles. The van der Waals surface area contributed by atoms with Crippen LogP contribution < -0.4 is 14.7 Å². The van der Waals surface area contributed by atoms with Crippen LogP contribution in [0.1, 0.15) is 32.3 Å². The standard InChI is InChI=1S/C17H18F6N3O4/c1-15(2)13(27)26(10-3-5-24-6-4-10,30-14(28)17(21,22)23)11-7-9(16(18,19)20)8-25-12(11)29-15/h7-8,10,24H,3-6H2,1-2H3/q+1. The minimum atomic E-state index is -5.48. The van der Waals surface area contributed by atoms with E-state index >= 15 is 0 Å². The molecule has 166 valence electrons. The Hall–Kier alpha value is -2.41. The number of carbonyl (C=O) groups excluding carboxylic acids is 2. The SMILES string of the molecule is CC1(C)Oc2ncc(C(F)(F)F)cc2[N+](OC(=O)C(F)(F)F)(C2CCNCC2)C1=O. The fraction of sp³-hybridized carbons (Fsp3) is 0.588. The van der Waals surface area contributed by atoms with Gasteiger partial charge in [0.2, 0.25) is 11.3 Å². The first-order valence-electron chi connectivity index (χ1n) is 8.91. The molecule has 1 saturated heterocycles. The number of alkyl halides is 6. The number of fused-ring (bicyclic) bond motifs is 1. The summed E-state index contributed by atoms with van der Waals surface area (Å²) >= 11 is 0. The van der Waals surface area contributed by atoms with Gasteiger partial charge < -0.3 is 10.1 Å². The molecule has 0 aromatic carbocycles. The molecule has 1 aromatic rings. The first-order chi connectivity index (χ1) is 13.7. The van der Waals surface area contributed by atoms with Crippen molar-refractivity contribution >= 4 is 17.6 Å². The van der Waals surface area contributed by atoms with Crippen LogP contribution in [-0.4, -0.2) is 47.8 Å². The number of amides is 1. The fourth-order valence-corrected chi connectivity index (χ4v) is 3.59. The third-order valence-corrected chi connectivity index (χ3v) is 4.97. The van der Waals surface area contributed by atoms with Crippen molar-refractivity contribution in [2.75, 3.05) is 13.1 Å². The molecule has 1 unspecified atom stereocenters. The summed E-state index contributed by atoms with van der Waals surface area (Å²) in [6, 6.07) is -0.626. The van der Waals surface area contributed by atoms with Gasteiger partial charge in [0.05, 0.1) is 5.56 Å². The lowest BCUT2D eigenvalue weighted by molar-refractivity contribution is -0.248. The zero-order valence-electron chi connectivity index (χ0n) is 15.9. The number of aromatic nitrogens is 1. The van der Waals surface area contributed by atoms with E-state index in [2.05, 4.69) is 10.3 Å². The molecule has 3 rings (SSSR count). The normalized spacial score (nSPS) is 24.7. The second kappa shape index (κ2) is 7.08. The first kappa shape index (κ1) is 22.3. The average molecular weight is 442 g/mol. The van der Waals surface area contributed by atoms with Crippen LogP contribution >= 0.6 is 0 Å². The predicted molar refractivity (Wildman–Crippen MR) is 88.8 cm³/mol. The molecular weight excluding hydrogens is 424 g/mol. The quantitative estimate of drug-likeness (QED) is 0.561. The van der Waals surface area contributed by atoms with Crippen LogP contribution in [0.2, 0.25) is 0 Å². The number of rotatable bonds is 2. The van der Waals surface area contributed by atoms with Crippen molar-refractivity contribution in [1.82, 2.24) is 14.9 Å². The Balaban J connectivity index is 2.29. The van der Waals surface area contributed by atoms with E-state index in [0.717, 1.165) is 0 Å². The Bertz CT molecular complexity index is 864. The molecule has 7 nitrogen and oxygen atoms in total. The summed E-state index contributed by atoms with van der Waals surface area (Å²) in [6.07, 6.45) is -9.83. The Morgan fingerprint density at radius 1 is 1.23 bits per heavy atom. The first-order valence-corrected chi connectivity index (χ1v) is 8.91. The van der Waals surface area contributed by atoms with E-state index in [4.69, 9.17) is 9.57 Å². The maximum atomic E-state index is 13.3. The lowest BCUT2D eigenvalue weighted by atomic mass is 9.96. The smallest absolute Gasteiger partial charge is 0.453 e. The molecule has 1 atom stereocenters. The molecule has 2 aliphatic rings. The van der Waals surface area contributed by atoms with Gasteiger partial charge in [-0.15, -0.1) is 0 Å². The maximum absolute atomic E-state index is 13.3. The van der Waals surface area contributed by atoms with Gasteiger partial charge in [0.1, 0.15) is 6.04 Å². The van der Waals surface area contributed by atoms with Gasteiger partial charge in [-0.05, 0) is 18.5 Å². The summed E-state index contributed by atoms with van der Waals surface area (Å²) in [5.74, 6) is -4.35. The van der Waals surface area contributed by atoms with Crippen LogP contribution in [0, 0.1) is 0 Å². The van der Waals surface area contributed by atoms with Crippen LogP contribution in [0.25, 0.3) is 0 Å². The molecule has 0 aliphatic carbocycles. The summed E-state index contributed by atoms with van der Waals surface area (Å²) in [7, 11) is 0. The number of hydrogen-bond donors (Lipinski definition) is 1. The van der Waals surface area contributed by atoms with Gasteiger partial charge in [-0.3, -0.25) is 4.84 Å². The van der Waals surface area contributed by atoms with Crippen molar-refractivity contribution in [3.8, 4) is 5.88 Å². The number of nitrogens with one attached hydrogen (secondary N) is 1. The Labute approximate surface area is 166 Å². The van der Waals surface area contributed by atoms with E-state index in [1.54, 1.807) is 0 Å². The van der Waals surface area contributed by atoms with Gasteiger partial charge >= 0.3 is 24.2 Å². The Morgan fingerprint density at radius 2 is 1.83 bits per heavy atom. The lowest BCUT2D eigenvalue weighted by Gasteiger charge is -2.45. The average Bonchev–Trinajstić information content (AvgIpc) is 2.64. The molecule has 1 N–H and O–H groups in total. The van der Waals surface area contributed by atoms with E-state index in [1.165, 1.54) is 13.8 Å². The number of ether oxygens (including phenoxy) is 1. The van der Waals surface area contributed by atoms with Gasteiger partial charge in [0, 0.05) is 38.2 Å². The predicted octanol–water partition coefficient (Wildman–Crippen LogP) is 2.88. The molecule has 0 bridgehead atoms. The van der Waals surface area contributed by atoms with Gasteiger partial charge in [0.15, 0.2) is 0 Å². The van der Waals surface area contributed by atoms with Crippen molar-refractivity contribution in [3.05, 3.63) is 17.8 Å². The molecule has 0 saturated carbocycles. The minimum Gasteiger partial charge on any atom is -0.453 e. The van der Waals surface area contributed by atoms with Gasteiger partial charge in [-0.25, -0.2) is 14.6 Å². The molecule has 0 spiro atoms. The molecule has 1 fully saturated rings. The Morgan fingerprint density at radius 3 is 2.37 bits per heavy atom. The summed E-state index contributed by atoms with van der Waals surface area (Å²) in [5.41, 5.74) is -3.84. The van der Waals surface area contributed by atoms with Crippen molar-refractivity contribution in [2.24, 2.45) is 0 Å². The van der Waals surface area contributed by atoms with E-state index in [-0.39, 0.29) is 25.9 Å². The van der Waals surface area contributed by atoms with Crippen LogP contribution in [0.15, 0.2) is 12.3 Å². The highest BCUT2D eigenvalue weighted by Gasteiger charge is 2.65. The van der Waals surface area contributed by atoms with E-state index in [0.29, 0.717) is 12.3 Å². The van der Waals surface area contributed by atoms with E-state index in [9.17, 15) is 35.9 Å². The highest BCUT2D eigenvalue weighted by atomic mass is 19.4. The Kier molecular flexibility index (Phi) is 5.26. The zero-order valence-corrected chi connectivity index (χ0v) is 15.9. The lowest BCUT2D eigenvalue weighted by Crippen LogP contribution is -2.72. The minimum absolute atomic E-state index is 0.0582. The number of hydrogen-bond acceptors (Lipinski definition) is 6. The van der Waals surface area contributed by atoms with Gasteiger partial charge in [-0.1, -0.05) is 0 Å². The van der Waals surface area contributed by atoms with Crippen LogP contribution in [0.4, 0.5) is 32.0 Å². The molecule has 1 aromatic heterocycles. The van der Waals surface area contributed by atoms with Crippen molar-refractivity contribution in [2.45, 2.75) is 50.7 Å². The fourth-order valence-electron chi connectivity index (χ4n) is 3.59. The number of nitrogens with zero attached hydrogens (tertiary/aromatic N) is 2. The third-order valence-electron chi connectivity index (χ3n) is 4.97. The third kappa shape index (κ3) is 3.71. The summed E-state index contributed by atoms with van der Waals surface area (Å²) in [6.45, 7) is 2.94. The van der Waals surface area contributed by atoms with Crippen LogP contribution in [0.5, 0.6) is 5.88 Å². The molecule has 1 amide bonds. The van der Waals surface area contributed by atoms with E-state index < -0.39 is 57.6 Å². The largest absolute Gasteiger partial charge is 0.497 e. The summed E-state index contributed by atoms with van der Waals surface area (Å²) in [5, 5.41) is 2.94. The van der Waals surface area contributed by atoms with Gasteiger partial charge in [-0.2, -0.15) is 26.3 Å². The second-order valence-electron chi connectivity index (χ2n) is 7.48. The van der Waals surface area contributed by atoms with Crippen LogP contribution in [0.3, 0.4) is 0 Å². The number of hydroxylamine groups is 2. The molecule has 3 heterocycles. The van der Waals surface area contributed by atoms with Crippen molar-refractivity contribution in [1.29, 1.82) is 0 Å². The number of halogens is 6. The topological polar surface area (TPSA) is 77.5 Å². The van der Waals surface area contributed by atoms with Gasteiger partial charge in [0.25, 0.3) is 5.88 Å². The summed E-state index contributed by atoms with van der Waals surface area (Å²) in [4.78, 5) is 33.5. The monoisotopic (exact) mass is 442 g/mol. The zero-order chi connectivity index (χ0) is 22.5. The van der Waals surface area contributed by atoms with E-state index in [1.807, 2.05) is 0 Å². The molecule has 0 radical (unpaired) electrons. The van der Waals surface area contributed by atoms with Crippen LogP contribution in [-0.2, 0) is 20.6 Å². The van der Waals surface area contributed by atoms with Crippen molar-refractivity contribution in [3.63, 3.8) is 0 Å². The van der Waals surface area contributed by atoms with Crippen molar-refractivity contribution < 1.29 is 45.5 Å². The number of pyridine rings is 1. The highest BCUT2D eigenvalue weighted by Crippen LogP contribution is 2.47. The molecule has 13 heteroatoms. The summed E-state index contributed by atoms with van der Waals surface area (Å²) < 4.78 is 82.7. The number of piperidine rings is 1. The second-order valence-corrected chi connectivity index (χ2v) is 7.48. The molecule has 30 heavy (non-hydrogen) atoms. The number of carbonyl (C=O) groups is 2.